The topological polar surface area (TPSA) is 58.9 Å². The van der Waals surface area contributed by atoms with E-state index in [1.165, 1.54) is 0 Å². The van der Waals surface area contributed by atoms with Gasteiger partial charge in [-0.05, 0) is 12.0 Å². The standard InChI is InChI=1S/C15H20O4/c1-2-15(11-19-14(17)13(15)16)8-9-18-10-12-6-4-3-5-7-12/h2-7,13-14,16-17H,1,8-11H2/t13-,14-,15-/m0/s1. The van der Waals surface area contributed by atoms with E-state index >= 15 is 0 Å². The van der Waals surface area contributed by atoms with Crippen LogP contribution in [0.15, 0.2) is 43.0 Å². The van der Waals surface area contributed by atoms with Gasteiger partial charge in [-0.1, -0.05) is 36.4 Å². The van der Waals surface area contributed by atoms with Crippen molar-refractivity contribution in [3.05, 3.63) is 48.6 Å². The van der Waals surface area contributed by atoms with Crippen LogP contribution in [0.3, 0.4) is 0 Å². The Morgan fingerprint density at radius 1 is 1.37 bits per heavy atom. The van der Waals surface area contributed by atoms with Crippen LogP contribution in [0.5, 0.6) is 0 Å². The number of hydrogen-bond donors (Lipinski definition) is 2. The Kier molecular flexibility index (Phi) is 4.71. The van der Waals surface area contributed by atoms with Gasteiger partial charge in [-0.15, -0.1) is 6.58 Å². The predicted octanol–water partition coefficient (Wildman–Crippen LogP) is 1.48. The van der Waals surface area contributed by atoms with Gasteiger partial charge in [0.25, 0.3) is 0 Å². The maximum absolute atomic E-state index is 9.92. The van der Waals surface area contributed by atoms with Gasteiger partial charge in [-0.2, -0.15) is 0 Å². The minimum Gasteiger partial charge on any atom is -0.387 e. The van der Waals surface area contributed by atoms with Crippen molar-refractivity contribution < 1.29 is 19.7 Å². The third-order valence-corrected chi connectivity index (χ3v) is 3.61. The van der Waals surface area contributed by atoms with Gasteiger partial charge in [0, 0.05) is 12.0 Å². The molecule has 1 aliphatic rings. The maximum atomic E-state index is 9.92. The fourth-order valence-electron chi connectivity index (χ4n) is 2.23. The van der Waals surface area contributed by atoms with Gasteiger partial charge in [0.1, 0.15) is 6.10 Å². The van der Waals surface area contributed by atoms with Crippen molar-refractivity contribution in [2.75, 3.05) is 13.2 Å². The number of benzene rings is 1. The second kappa shape index (κ2) is 6.30. The van der Waals surface area contributed by atoms with Gasteiger partial charge in [-0.3, -0.25) is 0 Å². The summed E-state index contributed by atoms with van der Waals surface area (Å²) in [4.78, 5) is 0. The first-order valence-electron chi connectivity index (χ1n) is 6.41. The molecule has 1 aromatic carbocycles. The fraction of sp³-hybridized carbons (Fsp3) is 0.467. The van der Waals surface area contributed by atoms with E-state index in [9.17, 15) is 10.2 Å². The molecule has 1 saturated heterocycles. The first-order chi connectivity index (χ1) is 9.18. The van der Waals surface area contributed by atoms with Gasteiger partial charge in [-0.25, -0.2) is 0 Å². The highest BCUT2D eigenvalue weighted by Crippen LogP contribution is 2.36. The molecule has 4 nitrogen and oxygen atoms in total. The summed E-state index contributed by atoms with van der Waals surface area (Å²) in [6.45, 7) is 5.02. The van der Waals surface area contributed by atoms with E-state index < -0.39 is 17.8 Å². The maximum Gasteiger partial charge on any atom is 0.181 e. The smallest absolute Gasteiger partial charge is 0.181 e. The molecule has 2 N–H and O–H groups in total. The third kappa shape index (κ3) is 3.22. The summed E-state index contributed by atoms with van der Waals surface area (Å²) in [6, 6.07) is 9.90. The van der Waals surface area contributed by atoms with E-state index in [1.54, 1.807) is 6.08 Å². The molecule has 4 heteroatoms. The fourth-order valence-corrected chi connectivity index (χ4v) is 2.23. The highest BCUT2D eigenvalue weighted by Gasteiger charge is 2.46. The summed E-state index contributed by atoms with van der Waals surface area (Å²) in [5.74, 6) is 0. The Hall–Kier alpha value is -1.20. The van der Waals surface area contributed by atoms with Crippen LogP contribution in [0.4, 0.5) is 0 Å². The Morgan fingerprint density at radius 2 is 2.11 bits per heavy atom. The van der Waals surface area contributed by atoms with E-state index in [2.05, 4.69) is 6.58 Å². The van der Waals surface area contributed by atoms with Gasteiger partial charge < -0.3 is 19.7 Å². The lowest BCUT2D eigenvalue weighted by molar-refractivity contribution is -0.112. The summed E-state index contributed by atoms with van der Waals surface area (Å²) >= 11 is 0. The molecule has 1 aliphatic heterocycles. The molecule has 1 heterocycles. The Balaban J connectivity index is 1.80. The molecule has 0 aromatic heterocycles. The Labute approximate surface area is 113 Å². The number of ether oxygens (including phenoxy) is 2. The molecule has 0 radical (unpaired) electrons. The number of rotatable bonds is 6. The van der Waals surface area contributed by atoms with E-state index in [0.717, 1.165) is 5.56 Å². The molecule has 0 bridgehead atoms. The zero-order valence-electron chi connectivity index (χ0n) is 10.9. The SMILES string of the molecule is C=C[C@]1(CCOCc2ccccc2)CO[C@H](O)[C@@H]1O. The molecule has 0 aliphatic carbocycles. The lowest BCUT2D eigenvalue weighted by atomic mass is 9.81. The average Bonchev–Trinajstić information content (AvgIpc) is 2.74. The summed E-state index contributed by atoms with van der Waals surface area (Å²) in [5, 5.41) is 19.4. The highest BCUT2D eigenvalue weighted by molar-refractivity contribution is 5.13. The quantitative estimate of drug-likeness (QED) is 0.603. The number of aliphatic hydroxyl groups is 2. The molecule has 104 valence electrons. The zero-order chi connectivity index (χ0) is 13.7. The van der Waals surface area contributed by atoms with E-state index in [-0.39, 0.29) is 6.61 Å². The first-order valence-corrected chi connectivity index (χ1v) is 6.41. The Morgan fingerprint density at radius 3 is 2.68 bits per heavy atom. The van der Waals surface area contributed by atoms with Crippen molar-refractivity contribution >= 4 is 0 Å². The number of hydrogen-bond acceptors (Lipinski definition) is 4. The van der Waals surface area contributed by atoms with Crippen LogP contribution in [-0.2, 0) is 16.1 Å². The van der Waals surface area contributed by atoms with Crippen molar-refractivity contribution in [3.8, 4) is 0 Å². The van der Waals surface area contributed by atoms with Crippen LogP contribution in [0.25, 0.3) is 0 Å². The molecule has 0 amide bonds. The van der Waals surface area contributed by atoms with Gasteiger partial charge in [0.15, 0.2) is 6.29 Å². The molecule has 0 saturated carbocycles. The van der Waals surface area contributed by atoms with E-state index in [4.69, 9.17) is 9.47 Å². The average molecular weight is 264 g/mol. The van der Waals surface area contributed by atoms with E-state index in [0.29, 0.717) is 19.6 Å². The molecular formula is C15H20O4. The lowest BCUT2D eigenvalue weighted by Crippen LogP contribution is -2.36. The molecule has 1 fully saturated rings. The second-order valence-electron chi connectivity index (χ2n) is 4.87. The van der Waals surface area contributed by atoms with Gasteiger partial charge in [0.05, 0.1) is 13.2 Å². The van der Waals surface area contributed by atoms with Crippen molar-refractivity contribution in [3.63, 3.8) is 0 Å². The van der Waals surface area contributed by atoms with Gasteiger partial charge >= 0.3 is 0 Å². The van der Waals surface area contributed by atoms with Gasteiger partial charge in [0.2, 0.25) is 0 Å². The minimum absolute atomic E-state index is 0.271. The monoisotopic (exact) mass is 264 g/mol. The predicted molar refractivity (Wildman–Crippen MR) is 71.3 cm³/mol. The van der Waals surface area contributed by atoms with Crippen LogP contribution < -0.4 is 0 Å². The molecule has 1 aromatic rings. The van der Waals surface area contributed by atoms with E-state index in [1.807, 2.05) is 30.3 Å². The normalized spacial score (nSPS) is 30.4. The molecule has 0 spiro atoms. The van der Waals surface area contributed by atoms with Crippen LogP contribution in [-0.4, -0.2) is 35.8 Å². The highest BCUT2D eigenvalue weighted by atomic mass is 16.6. The van der Waals surface area contributed by atoms with Crippen LogP contribution in [0.1, 0.15) is 12.0 Å². The van der Waals surface area contributed by atoms with Crippen molar-refractivity contribution in [2.45, 2.75) is 25.4 Å². The number of aliphatic hydroxyl groups excluding tert-OH is 2. The summed E-state index contributed by atoms with van der Waals surface area (Å²) in [5.41, 5.74) is 0.495. The van der Waals surface area contributed by atoms with Crippen molar-refractivity contribution in [1.82, 2.24) is 0 Å². The van der Waals surface area contributed by atoms with Crippen LogP contribution in [0.2, 0.25) is 0 Å². The third-order valence-electron chi connectivity index (χ3n) is 3.61. The summed E-state index contributed by atoms with van der Waals surface area (Å²) in [6.07, 6.45) is 0.152. The largest absolute Gasteiger partial charge is 0.387 e. The van der Waals surface area contributed by atoms with Crippen LogP contribution in [0, 0.1) is 5.41 Å². The molecule has 0 unspecified atom stereocenters. The Bertz CT molecular complexity index is 406. The molecular weight excluding hydrogens is 244 g/mol. The van der Waals surface area contributed by atoms with Crippen molar-refractivity contribution in [1.29, 1.82) is 0 Å². The summed E-state index contributed by atoms with van der Waals surface area (Å²) in [7, 11) is 0. The molecule has 3 atom stereocenters. The molecule has 2 rings (SSSR count). The second-order valence-corrected chi connectivity index (χ2v) is 4.87. The van der Waals surface area contributed by atoms with Crippen LogP contribution >= 0.6 is 0 Å². The van der Waals surface area contributed by atoms with Crippen molar-refractivity contribution in [2.24, 2.45) is 5.41 Å². The minimum atomic E-state index is -1.13. The first kappa shape index (κ1) is 14.2. The lowest BCUT2D eigenvalue weighted by Gasteiger charge is -2.27. The summed E-state index contributed by atoms with van der Waals surface area (Å²) < 4.78 is 10.7. The molecule has 19 heavy (non-hydrogen) atoms. The zero-order valence-corrected chi connectivity index (χ0v) is 10.9.